The molecule has 1 atom stereocenters. The average molecular weight is 175 g/mol. The van der Waals surface area contributed by atoms with E-state index in [9.17, 15) is 4.39 Å². The van der Waals surface area contributed by atoms with Gasteiger partial charge in [0, 0.05) is 13.1 Å². The van der Waals surface area contributed by atoms with E-state index in [4.69, 9.17) is 5.11 Å². The first-order valence-corrected chi connectivity index (χ1v) is 4.14. The predicted molar refractivity (Wildman–Crippen MR) is 48.9 cm³/mol. The Morgan fingerprint density at radius 3 is 2.67 bits per heavy atom. The minimum atomic E-state index is -1.12. The molecule has 0 aromatic carbocycles. The summed E-state index contributed by atoms with van der Waals surface area (Å²) in [7, 11) is 1.84. The Morgan fingerprint density at radius 2 is 2.25 bits per heavy atom. The molecule has 2 nitrogen and oxygen atoms in total. The van der Waals surface area contributed by atoms with Crippen molar-refractivity contribution in [2.75, 3.05) is 26.7 Å². The number of aliphatic hydroxyl groups is 1. The van der Waals surface area contributed by atoms with Gasteiger partial charge < -0.3 is 10.0 Å². The molecule has 0 aromatic rings. The number of nitrogens with zero attached hydrogens (tertiary/aromatic N) is 1. The molecular formula is C9H18FNO. The standard InChI is InChI=1S/C9H18FNO/c1-8(2)4-5-11(3)6-9(10)7-12/h9,12H,1,4-7H2,2-3H3. The summed E-state index contributed by atoms with van der Waals surface area (Å²) >= 11 is 0. The summed E-state index contributed by atoms with van der Waals surface area (Å²) in [6.45, 7) is 6.41. The number of aliphatic hydroxyl groups excluding tert-OH is 1. The zero-order valence-electron chi connectivity index (χ0n) is 7.89. The predicted octanol–water partition coefficient (Wildman–Crippen LogP) is 1.21. The molecule has 0 fully saturated rings. The van der Waals surface area contributed by atoms with E-state index in [1.807, 2.05) is 18.9 Å². The van der Waals surface area contributed by atoms with Crippen molar-refractivity contribution >= 4 is 0 Å². The second kappa shape index (κ2) is 6.14. The molecule has 1 unspecified atom stereocenters. The highest BCUT2D eigenvalue weighted by atomic mass is 19.1. The van der Waals surface area contributed by atoms with Gasteiger partial charge in [-0.25, -0.2) is 4.39 Å². The van der Waals surface area contributed by atoms with Gasteiger partial charge in [-0.2, -0.15) is 0 Å². The first-order valence-electron chi connectivity index (χ1n) is 4.14. The largest absolute Gasteiger partial charge is 0.393 e. The van der Waals surface area contributed by atoms with Gasteiger partial charge in [0.25, 0.3) is 0 Å². The van der Waals surface area contributed by atoms with Crippen LogP contribution in [-0.2, 0) is 0 Å². The van der Waals surface area contributed by atoms with Crippen molar-refractivity contribution in [3.8, 4) is 0 Å². The molecule has 0 rings (SSSR count). The van der Waals surface area contributed by atoms with Gasteiger partial charge >= 0.3 is 0 Å². The van der Waals surface area contributed by atoms with E-state index in [0.29, 0.717) is 6.54 Å². The quantitative estimate of drug-likeness (QED) is 0.613. The zero-order chi connectivity index (χ0) is 9.56. The lowest BCUT2D eigenvalue weighted by atomic mass is 10.2. The molecule has 0 aromatic heterocycles. The van der Waals surface area contributed by atoms with Crippen LogP contribution in [0.25, 0.3) is 0 Å². The van der Waals surface area contributed by atoms with Gasteiger partial charge in [-0.15, -0.1) is 6.58 Å². The van der Waals surface area contributed by atoms with Crippen molar-refractivity contribution in [2.24, 2.45) is 0 Å². The highest BCUT2D eigenvalue weighted by Crippen LogP contribution is 1.99. The molecule has 0 bridgehead atoms. The molecule has 0 saturated carbocycles. The van der Waals surface area contributed by atoms with Crippen LogP contribution in [-0.4, -0.2) is 42.9 Å². The van der Waals surface area contributed by atoms with Gasteiger partial charge in [0.15, 0.2) is 0 Å². The van der Waals surface area contributed by atoms with Crippen LogP contribution >= 0.6 is 0 Å². The van der Waals surface area contributed by atoms with Crippen molar-refractivity contribution in [1.82, 2.24) is 4.90 Å². The Labute approximate surface area is 73.7 Å². The smallest absolute Gasteiger partial charge is 0.136 e. The van der Waals surface area contributed by atoms with E-state index >= 15 is 0 Å². The maximum atomic E-state index is 12.6. The molecule has 3 heteroatoms. The first-order chi connectivity index (χ1) is 5.56. The molecule has 0 saturated heterocycles. The van der Waals surface area contributed by atoms with Crippen molar-refractivity contribution < 1.29 is 9.50 Å². The van der Waals surface area contributed by atoms with Crippen molar-refractivity contribution in [2.45, 2.75) is 19.5 Å². The fourth-order valence-corrected chi connectivity index (χ4v) is 0.869. The van der Waals surface area contributed by atoms with Crippen molar-refractivity contribution in [3.05, 3.63) is 12.2 Å². The summed E-state index contributed by atoms with van der Waals surface area (Å²) < 4.78 is 12.6. The minimum absolute atomic E-state index is 0.295. The third-order valence-electron chi connectivity index (χ3n) is 1.63. The van der Waals surface area contributed by atoms with Crippen molar-refractivity contribution in [3.63, 3.8) is 0 Å². The Hall–Kier alpha value is -0.410. The average Bonchev–Trinajstić information content (AvgIpc) is 2.00. The summed E-state index contributed by atoms with van der Waals surface area (Å²) in [6, 6.07) is 0. The van der Waals surface area contributed by atoms with E-state index in [0.717, 1.165) is 18.5 Å². The van der Waals surface area contributed by atoms with Gasteiger partial charge in [-0.3, -0.25) is 0 Å². The molecular weight excluding hydrogens is 157 g/mol. The van der Waals surface area contributed by atoms with Gasteiger partial charge in [-0.1, -0.05) is 5.57 Å². The third-order valence-corrected chi connectivity index (χ3v) is 1.63. The third kappa shape index (κ3) is 6.31. The van der Waals surface area contributed by atoms with Gasteiger partial charge in [0.1, 0.15) is 6.17 Å². The maximum absolute atomic E-state index is 12.6. The maximum Gasteiger partial charge on any atom is 0.136 e. The van der Waals surface area contributed by atoms with Crippen LogP contribution in [0.2, 0.25) is 0 Å². The monoisotopic (exact) mass is 175 g/mol. The van der Waals surface area contributed by atoms with Crippen molar-refractivity contribution in [1.29, 1.82) is 0 Å². The van der Waals surface area contributed by atoms with Crippen LogP contribution in [0.15, 0.2) is 12.2 Å². The van der Waals surface area contributed by atoms with Crippen LogP contribution in [0.5, 0.6) is 0 Å². The Balaban J connectivity index is 3.45. The Kier molecular flexibility index (Phi) is 5.93. The molecule has 0 aliphatic rings. The second-order valence-corrected chi connectivity index (χ2v) is 3.25. The molecule has 72 valence electrons. The molecule has 0 aliphatic carbocycles. The summed E-state index contributed by atoms with van der Waals surface area (Å²) in [5.41, 5.74) is 1.10. The molecule has 0 amide bonds. The normalized spacial score (nSPS) is 13.4. The van der Waals surface area contributed by atoms with Crippen LogP contribution < -0.4 is 0 Å². The van der Waals surface area contributed by atoms with E-state index in [1.165, 1.54) is 0 Å². The highest BCUT2D eigenvalue weighted by molar-refractivity contribution is 4.88. The molecule has 0 aliphatic heterocycles. The molecule has 0 heterocycles. The minimum Gasteiger partial charge on any atom is -0.393 e. The summed E-state index contributed by atoms with van der Waals surface area (Å²) in [5, 5.41) is 8.44. The Morgan fingerprint density at radius 1 is 1.67 bits per heavy atom. The van der Waals surface area contributed by atoms with Gasteiger partial charge in [0.05, 0.1) is 6.61 Å². The highest BCUT2D eigenvalue weighted by Gasteiger charge is 2.07. The lowest BCUT2D eigenvalue weighted by Gasteiger charge is -2.17. The van der Waals surface area contributed by atoms with Gasteiger partial charge in [-0.05, 0) is 20.4 Å². The Bertz CT molecular complexity index is 138. The van der Waals surface area contributed by atoms with E-state index in [1.54, 1.807) is 0 Å². The number of alkyl halides is 1. The fourth-order valence-electron chi connectivity index (χ4n) is 0.869. The summed E-state index contributed by atoms with van der Waals surface area (Å²) in [4.78, 5) is 1.86. The molecule has 0 spiro atoms. The van der Waals surface area contributed by atoms with E-state index in [2.05, 4.69) is 6.58 Å². The van der Waals surface area contributed by atoms with Crippen LogP contribution in [0, 0.1) is 0 Å². The fraction of sp³-hybridized carbons (Fsp3) is 0.778. The van der Waals surface area contributed by atoms with E-state index < -0.39 is 12.8 Å². The zero-order valence-corrected chi connectivity index (χ0v) is 7.89. The SMILES string of the molecule is C=C(C)CCN(C)CC(F)CO. The molecule has 0 radical (unpaired) electrons. The summed E-state index contributed by atoms with van der Waals surface area (Å²) in [6.07, 6.45) is -0.241. The molecule has 12 heavy (non-hydrogen) atoms. The lowest BCUT2D eigenvalue weighted by Crippen LogP contribution is -2.29. The number of rotatable bonds is 6. The van der Waals surface area contributed by atoms with Crippen LogP contribution in [0.1, 0.15) is 13.3 Å². The summed E-state index contributed by atoms with van der Waals surface area (Å²) in [5.74, 6) is 0. The molecule has 1 N–H and O–H groups in total. The number of hydrogen-bond acceptors (Lipinski definition) is 2. The van der Waals surface area contributed by atoms with Crippen LogP contribution in [0.3, 0.4) is 0 Å². The van der Waals surface area contributed by atoms with Gasteiger partial charge in [0.2, 0.25) is 0 Å². The number of halogens is 1. The first kappa shape index (κ1) is 11.6. The second-order valence-electron chi connectivity index (χ2n) is 3.25. The lowest BCUT2D eigenvalue weighted by molar-refractivity contribution is 0.139. The van der Waals surface area contributed by atoms with Crippen LogP contribution in [0.4, 0.5) is 4.39 Å². The topological polar surface area (TPSA) is 23.5 Å². The number of hydrogen-bond donors (Lipinski definition) is 1. The van der Waals surface area contributed by atoms with E-state index in [-0.39, 0.29) is 0 Å².